The molecule has 29 heavy (non-hydrogen) atoms. The van der Waals surface area contributed by atoms with E-state index in [4.69, 9.17) is 9.73 Å². The number of aliphatic imine (C=N–C) groups is 1. The van der Waals surface area contributed by atoms with Crippen molar-refractivity contribution < 1.29 is 9.13 Å². The average molecular weight is 400 g/mol. The SMILES string of the molecule is CCNC(=NCC(c1ccc(F)cc1)N1CCOCC1)NCCc1ccccn1. The Labute approximate surface area is 172 Å². The van der Waals surface area contributed by atoms with Gasteiger partial charge in [-0.05, 0) is 36.8 Å². The topological polar surface area (TPSA) is 61.8 Å². The number of aromatic nitrogens is 1. The summed E-state index contributed by atoms with van der Waals surface area (Å²) in [4.78, 5) is 11.5. The lowest BCUT2D eigenvalue weighted by Crippen LogP contribution is -2.42. The Morgan fingerprint density at radius 3 is 2.66 bits per heavy atom. The Morgan fingerprint density at radius 2 is 1.97 bits per heavy atom. The van der Waals surface area contributed by atoms with Crippen LogP contribution in [0.4, 0.5) is 4.39 Å². The van der Waals surface area contributed by atoms with Gasteiger partial charge >= 0.3 is 0 Å². The molecule has 1 fully saturated rings. The molecule has 0 saturated carbocycles. The van der Waals surface area contributed by atoms with Crippen LogP contribution in [0, 0.1) is 5.82 Å². The zero-order valence-corrected chi connectivity index (χ0v) is 17.0. The molecule has 6 nitrogen and oxygen atoms in total. The van der Waals surface area contributed by atoms with E-state index in [0.29, 0.717) is 19.8 Å². The molecule has 1 aliphatic heterocycles. The molecule has 0 spiro atoms. The number of rotatable bonds is 8. The smallest absolute Gasteiger partial charge is 0.191 e. The van der Waals surface area contributed by atoms with E-state index in [9.17, 15) is 4.39 Å². The second kappa shape index (κ2) is 11.5. The van der Waals surface area contributed by atoms with E-state index in [0.717, 1.165) is 49.8 Å². The van der Waals surface area contributed by atoms with E-state index < -0.39 is 0 Å². The van der Waals surface area contributed by atoms with E-state index >= 15 is 0 Å². The second-order valence-electron chi connectivity index (χ2n) is 6.93. The maximum absolute atomic E-state index is 13.4. The highest BCUT2D eigenvalue weighted by Crippen LogP contribution is 2.22. The second-order valence-corrected chi connectivity index (χ2v) is 6.93. The molecule has 1 unspecified atom stereocenters. The standard InChI is InChI=1S/C22H30FN5O/c1-2-24-22(26-12-10-20-5-3-4-11-25-20)27-17-21(28-13-15-29-16-14-28)18-6-8-19(23)9-7-18/h3-9,11,21H,2,10,12-17H2,1H3,(H2,24,26,27). The van der Waals surface area contributed by atoms with Gasteiger partial charge in [0.1, 0.15) is 5.82 Å². The zero-order valence-electron chi connectivity index (χ0n) is 17.0. The van der Waals surface area contributed by atoms with Crippen LogP contribution in [0.5, 0.6) is 0 Å². The predicted molar refractivity (Wildman–Crippen MR) is 113 cm³/mol. The molecule has 1 aromatic carbocycles. The van der Waals surface area contributed by atoms with E-state index in [1.807, 2.05) is 36.5 Å². The summed E-state index contributed by atoms with van der Waals surface area (Å²) < 4.78 is 18.9. The van der Waals surface area contributed by atoms with Crippen LogP contribution in [0.25, 0.3) is 0 Å². The molecule has 0 radical (unpaired) electrons. The number of morpholine rings is 1. The van der Waals surface area contributed by atoms with Crippen molar-refractivity contribution in [2.24, 2.45) is 4.99 Å². The summed E-state index contributed by atoms with van der Waals surface area (Å²) in [6, 6.07) is 12.8. The summed E-state index contributed by atoms with van der Waals surface area (Å²) in [6.45, 7) is 7.30. The summed E-state index contributed by atoms with van der Waals surface area (Å²) in [5.74, 6) is 0.561. The number of hydrogen-bond donors (Lipinski definition) is 2. The molecule has 0 amide bonds. The van der Waals surface area contributed by atoms with Crippen LogP contribution in [0.3, 0.4) is 0 Å². The molecule has 0 bridgehead atoms. The molecule has 2 N–H and O–H groups in total. The van der Waals surface area contributed by atoms with Crippen LogP contribution in [0.2, 0.25) is 0 Å². The average Bonchev–Trinajstić information content (AvgIpc) is 2.76. The van der Waals surface area contributed by atoms with E-state index in [1.165, 1.54) is 12.1 Å². The first-order valence-electron chi connectivity index (χ1n) is 10.3. The van der Waals surface area contributed by atoms with Crippen molar-refractivity contribution in [1.82, 2.24) is 20.5 Å². The number of guanidine groups is 1. The van der Waals surface area contributed by atoms with E-state index in [-0.39, 0.29) is 11.9 Å². The fourth-order valence-electron chi connectivity index (χ4n) is 3.38. The highest BCUT2D eigenvalue weighted by atomic mass is 19.1. The van der Waals surface area contributed by atoms with Crippen LogP contribution < -0.4 is 10.6 Å². The van der Waals surface area contributed by atoms with Gasteiger partial charge in [-0.15, -0.1) is 0 Å². The minimum Gasteiger partial charge on any atom is -0.379 e. The number of hydrogen-bond acceptors (Lipinski definition) is 4. The molecule has 2 heterocycles. The minimum atomic E-state index is -0.220. The van der Waals surface area contributed by atoms with Crippen molar-refractivity contribution in [2.45, 2.75) is 19.4 Å². The zero-order chi connectivity index (χ0) is 20.3. The highest BCUT2D eigenvalue weighted by molar-refractivity contribution is 5.79. The maximum Gasteiger partial charge on any atom is 0.191 e. The molecule has 156 valence electrons. The van der Waals surface area contributed by atoms with E-state index in [2.05, 4.69) is 27.4 Å². The van der Waals surface area contributed by atoms with Gasteiger partial charge in [0.2, 0.25) is 0 Å². The van der Waals surface area contributed by atoms with Gasteiger partial charge in [0.15, 0.2) is 5.96 Å². The first-order chi connectivity index (χ1) is 14.3. The lowest BCUT2D eigenvalue weighted by molar-refractivity contribution is 0.0179. The van der Waals surface area contributed by atoms with Crippen molar-refractivity contribution in [1.29, 1.82) is 0 Å². The summed E-state index contributed by atoms with van der Waals surface area (Å²) in [5, 5.41) is 6.69. The minimum absolute atomic E-state index is 0.0887. The monoisotopic (exact) mass is 399 g/mol. The molecule has 1 aliphatic rings. The summed E-state index contributed by atoms with van der Waals surface area (Å²) >= 11 is 0. The number of halogens is 1. The first-order valence-corrected chi connectivity index (χ1v) is 10.3. The van der Waals surface area contributed by atoms with Crippen molar-refractivity contribution in [3.63, 3.8) is 0 Å². The molecule has 2 aromatic rings. The fraction of sp³-hybridized carbons (Fsp3) is 0.455. The van der Waals surface area contributed by atoms with Crippen LogP contribution in [0.15, 0.2) is 53.7 Å². The third kappa shape index (κ3) is 6.80. The molecular weight excluding hydrogens is 369 g/mol. The number of ether oxygens (including phenoxy) is 1. The van der Waals surface area contributed by atoms with Gasteiger partial charge in [-0.3, -0.25) is 14.9 Å². The third-order valence-corrected chi connectivity index (χ3v) is 4.91. The van der Waals surface area contributed by atoms with Crippen LogP contribution in [0.1, 0.15) is 24.2 Å². The van der Waals surface area contributed by atoms with Gasteiger partial charge in [0, 0.05) is 44.5 Å². The quantitative estimate of drug-likeness (QED) is 0.527. The summed E-state index contributed by atoms with van der Waals surface area (Å²) in [6.07, 6.45) is 2.64. The summed E-state index contributed by atoms with van der Waals surface area (Å²) in [5.41, 5.74) is 2.12. The molecule has 7 heteroatoms. The van der Waals surface area contributed by atoms with E-state index in [1.54, 1.807) is 0 Å². The highest BCUT2D eigenvalue weighted by Gasteiger charge is 2.22. The van der Waals surface area contributed by atoms with Crippen molar-refractivity contribution >= 4 is 5.96 Å². The third-order valence-electron chi connectivity index (χ3n) is 4.91. The summed E-state index contributed by atoms with van der Waals surface area (Å²) in [7, 11) is 0. The number of nitrogens with zero attached hydrogens (tertiary/aromatic N) is 3. The number of pyridine rings is 1. The van der Waals surface area contributed by atoms with Gasteiger partial charge in [-0.2, -0.15) is 0 Å². The molecule has 0 aliphatic carbocycles. The molecule has 1 aromatic heterocycles. The maximum atomic E-state index is 13.4. The first kappa shape index (κ1) is 21.2. The van der Waals surface area contributed by atoms with Crippen molar-refractivity contribution in [3.05, 3.63) is 65.7 Å². The van der Waals surface area contributed by atoms with Gasteiger partial charge in [0.05, 0.1) is 25.8 Å². The molecular formula is C22H30FN5O. The van der Waals surface area contributed by atoms with Gasteiger partial charge in [-0.1, -0.05) is 18.2 Å². The van der Waals surface area contributed by atoms with Crippen molar-refractivity contribution in [3.8, 4) is 0 Å². The van der Waals surface area contributed by atoms with Crippen LogP contribution in [-0.4, -0.2) is 61.8 Å². The molecule has 1 saturated heterocycles. The van der Waals surface area contributed by atoms with Crippen molar-refractivity contribution in [2.75, 3.05) is 45.9 Å². The molecule has 3 rings (SSSR count). The Kier molecular flexibility index (Phi) is 8.40. The molecule has 1 atom stereocenters. The Morgan fingerprint density at radius 1 is 1.17 bits per heavy atom. The lowest BCUT2D eigenvalue weighted by Gasteiger charge is -2.34. The van der Waals surface area contributed by atoms with Gasteiger partial charge in [-0.25, -0.2) is 4.39 Å². The number of nitrogens with one attached hydrogen (secondary N) is 2. The normalized spacial score (nSPS) is 16.4. The van der Waals surface area contributed by atoms with Crippen LogP contribution >= 0.6 is 0 Å². The largest absolute Gasteiger partial charge is 0.379 e. The number of benzene rings is 1. The fourth-order valence-corrected chi connectivity index (χ4v) is 3.38. The lowest BCUT2D eigenvalue weighted by atomic mass is 10.0. The van der Waals surface area contributed by atoms with Gasteiger partial charge in [0.25, 0.3) is 0 Å². The Balaban J connectivity index is 1.65. The predicted octanol–water partition coefficient (Wildman–Crippen LogP) is 2.39. The van der Waals surface area contributed by atoms with Gasteiger partial charge < -0.3 is 15.4 Å². The Hall–Kier alpha value is -2.51. The Bertz CT molecular complexity index is 748. The van der Waals surface area contributed by atoms with Crippen LogP contribution in [-0.2, 0) is 11.2 Å².